The monoisotopic (exact) mass is 252 g/mol. The fraction of sp³-hybridized carbons (Fsp3) is 0. The van der Waals surface area contributed by atoms with E-state index < -0.39 is 0 Å². The van der Waals surface area contributed by atoms with Crippen molar-refractivity contribution in [3.05, 3.63) is 59.4 Å². The maximum atomic E-state index is 5.90. The fourth-order valence-corrected chi connectivity index (χ4v) is 2.62. The zero-order valence-electron chi connectivity index (χ0n) is 9.71. The Balaban J connectivity index is 1.97. The maximum Gasteiger partial charge on any atom is 0.0702 e. The molecule has 0 saturated heterocycles. The van der Waals surface area contributed by atoms with Crippen molar-refractivity contribution in [2.24, 2.45) is 0 Å². The van der Waals surface area contributed by atoms with Gasteiger partial charge >= 0.3 is 0 Å². The molecule has 0 fully saturated rings. The van der Waals surface area contributed by atoms with Gasteiger partial charge in [0.05, 0.1) is 11.4 Å². The Hall–Kier alpha value is -2.13. The lowest BCUT2D eigenvalue weighted by atomic mass is 10.1. The van der Waals surface area contributed by atoms with Gasteiger partial charge in [-0.15, -0.1) is 11.3 Å². The van der Waals surface area contributed by atoms with E-state index in [9.17, 15) is 0 Å². The molecule has 0 aliphatic carbocycles. The maximum absolute atomic E-state index is 5.90. The van der Waals surface area contributed by atoms with E-state index in [1.165, 1.54) is 0 Å². The predicted octanol–water partition coefficient (Wildman–Crippen LogP) is 4.06. The Morgan fingerprint density at radius 1 is 0.889 bits per heavy atom. The summed E-state index contributed by atoms with van der Waals surface area (Å²) in [6.07, 6.45) is 1.88. The van der Waals surface area contributed by atoms with Gasteiger partial charge < -0.3 is 5.73 Å². The van der Waals surface area contributed by atoms with Crippen LogP contribution in [0.25, 0.3) is 22.4 Å². The Kier molecular flexibility index (Phi) is 2.82. The number of rotatable bonds is 2. The number of nitrogens with two attached hydrogens (primary N) is 1. The van der Waals surface area contributed by atoms with Crippen LogP contribution in [-0.2, 0) is 0 Å². The molecule has 2 N–H and O–H groups in total. The van der Waals surface area contributed by atoms with E-state index in [4.69, 9.17) is 5.73 Å². The second-order valence-corrected chi connectivity index (χ2v) is 4.78. The summed E-state index contributed by atoms with van der Waals surface area (Å²) in [7, 11) is 0. The molecule has 0 bridgehead atoms. The van der Waals surface area contributed by atoms with Gasteiger partial charge in [-0.2, -0.15) is 0 Å². The zero-order chi connectivity index (χ0) is 12.4. The molecule has 3 heteroatoms. The first-order chi connectivity index (χ1) is 8.84. The third-order valence-corrected chi connectivity index (χ3v) is 3.60. The SMILES string of the molecule is Nc1cscc1-c1ccc(-c2ccccc2)nc1. The van der Waals surface area contributed by atoms with Crippen molar-refractivity contribution in [2.75, 3.05) is 5.73 Å². The first kappa shape index (κ1) is 11.0. The standard InChI is InChI=1S/C15H12N2S/c16-14-10-18-9-13(14)12-6-7-15(17-8-12)11-4-2-1-3-5-11/h1-10H,16H2. The lowest BCUT2D eigenvalue weighted by Crippen LogP contribution is -1.87. The van der Waals surface area contributed by atoms with Crippen molar-refractivity contribution < 1.29 is 0 Å². The summed E-state index contributed by atoms with van der Waals surface area (Å²) >= 11 is 1.61. The molecule has 2 nitrogen and oxygen atoms in total. The van der Waals surface area contributed by atoms with Gasteiger partial charge in [0.25, 0.3) is 0 Å². The third-order valence-electron chi connectivity index (χ3n) is 2.84. The van der Waals surface area contributed by atoms with Crippen molar-refractivity contribution in [1.29, 1.82) is 0 Å². The van der Waals surface area contributed by atoms with Gasteiger partial charge in [0.1, 0.15) is 0 Å². The second kappa shape index (κ2) is 4.63. The van der Waals surface area contributed by atoms with E-state index in [1.54, 1.807) is 11.3 Å². The molecule has 0 saturated carbocycles. The minimum Gasteiger partial charge on any atom is -0.398 e. The number of nitrogens with zero attached hydrogens (tertiary/aromatic N) is 1. The topological polar surface area (TPSA) is 38.9 Å². The van der Waals surface area contributed by atoms with Crippen molar-refractivity contribution in [3.63, 3.8) is 0 Å². The number of benzene rings is 1. The highest BCUT2D eigenvalue weighted by atomic mass is 32.1. The minimum atomic E-state index is 0.814. The van der Waals surface area contributed by atoms with Crippen LogP contribution in [0.5, 0.6) is 0 Å². The van der Waals surface area contributed by atoms with Crippen molar-refractivity contribution in [1.82, 2.24) is 4.98 Å². The molecule has 0 spiro atoms. The van der Waals surface area contributed by atoms with Crippen LogP contribution in [0.4, 0.5) is 5.69 Å². The first-order valence-corrected chi connectivity index (χ1v) is 6.62. The van der Waals surface area contributed by atoms with Crippen LogP contribution in [0.2, 0.25) is 0 Å². The van der Waals surface area contributed by atoms with Crippen LogP contribution in [0.1, 0.15) is 0 Å². The van der Waals surface area contributed by atoms with Crippen LogP contribution >= 0.6 is 11.3 Å². The second-order valence-electron chi connectivity index (χ2n) is 4.04. The molecule has 2 heterocycles. The fourth-order valence-electron chi connectivity index (χ4n) is 1.87. The molecule has 1 aromatic carbocycles. The van der Waals surface area contributed by atoms with E-state index in [0.29, 0.717) is 0 Å². The van der Waals surface area contributed by atoms with Crippen molar-refractivity contribution >= 4 is 17.0 Å². The minimum absolute atomic E-state index is 0.814. The average molecular weight is 252 g/mol. The van der Waals surface area contributed by atoms with Gasteiger partial charge in [-0.3, -0.25) is 4.98 Å². The molecule has 0 atom stereocenters. The summed E-state index contributed by atoms with van der Waals surface area (Å²) in [6.45, 7) is 0. The predicted molar refractivity (Wildman–Crippen MR) is 77.4 cm³/mol. The zero-order valence-corrected chi connectivity index (χ0v) is 10.5. The van der Waals surface area contributed by atoms with Crippen LogP contribution in [-0.4, -0.2) is 4.98 Å². The quantitative estimate of drug-likeness (QED) is 0.747. The highest BCUT2D eigenvalue weighted by Crippen LogP contribution is 2.29. The van der Waals surface area contributed by atoms with E-state index in [1.807, 2.05) is 35.8 Å². The molecule has 3 aromatic rings. The highest BCUT2D eigenvalue weighted by molar-refractivity contribution is 7.08. The van der Waals surface area contributed by atoms with Gasteiger partial charge in [-0.25, -0.2) is 0 Å². The smallest absolute Gasteiger partial charge is 0.0702 e. The van der Waals surface area contributed by atoms with Crippen LogP contribution in [0.15, 0.2) is 59.4 Å². The van der Waals surface area contributed by atoms with Crippen LogP contribution in [0, 0.1) is 0 Å². The van der Waals surface area contributed by atoms with Gasteiger partial charge in [0.2, 0.25) is 0 Å². The number of nitrogen functional groups attached to an aromatic ring is 1. The van der Waals surface area contributed by atoms with Crippen LogP contribution in [0.3, 0.4) is 0 Å². The summed E-state index contributed by atoms with van der Waals surface area (Å²) in [5.74, 6) is 0. The van der Waals surface area contributed by atoms with E-state index in [-0.39, 0.29) is 0 Å². The first-order valence-electron chi connectivity index (χ1n) is 5.68. The number of anilines is 1. The molecular formula is C15H12N2S. The Morgan fingerprint density at radius 2 is 1.72 bits per heavy atom. The van der Waals surface area contributed by atoms with E-state index >= 15 is 0 Å². The molecule has 0 aliphatic heterocycles. The largest absolute Gasteiger partial charge is 0.398 e. The molecule has 88 valence electrons. The molecular weight excluding hydrogens is 240 g/mol. The summed E-state index contributed by atoms with van der Waals surface area (Å²) < 4.78 is 0. The number of hydrogen-bond acceptors (Lipinski definition) is 3. The lowest BCUT2D eigenvalue weighted by Gasteiger charge is -2.03. The number of thiophene rings is 1. The lowest BCUT2D eigenvalue weighted by molar-refractivity contribution is 1.33. The number of aromatic nitrogens is 1. The Bertz CT molecular complexity index is 642. The normalized spacial score (nSPS) is 10.4. The summed E-state index contributed by atoms with van der Waals surface area (Å²) in [6, 6.07) is 14.2. The number of hydrogen-bond donors (Lipinski definition) is 1. The van der Waals surface area contributed by atoms with Gasteiger partial charge in [0.15, 0.2) is 0 Å². The van der Waals surface area contributed by atoms with Gasteiger partial charge in [-0.1, -0.05) is 36.4 Å². The highest BCUT2D eigenvalue weighted by Gasteiger charge is 2.04. The molecule has 3 rings (SSSR count). The summed E-state index contributed by atoms with van der Waals surface area (Å²) in [5, 5.41) is 4.00. The van der Waals surface area contributed by atoms with Gasteiger partial charge in [-0.05, 0) is 6.07 Å². The summed E-state index contributed by atoms with van der Waals surface area (Å²) in [5.41, 5.74) is 11.0. The molecule has 2 aromatic heterocycles. The number of pyridine rings is 1. The van der Waals surface area contributed by atoms with E-state index in [0.717, 1.165) is 28.1 Å². The average Bonchev–Trinajstić information content (AvgIpc) is 2.86. The third kappa shape index (κ3) is 2.00. The van der Waals surface area contributed by atoms with E-state index in [2.05, 4.69) is 28.6 Å². The van der Waals surface area contributed by atoms with Crippen molar-refractivity contribution in [2.45, 2.75) is 0 Å². The molecule has 0 unspecified atom stereocenters. The summed E-state index contributed by atoms with van der Waals surface area (Å²) in [4.78, 5) is 4.50. The molecule has 0 aliphatic rings. The van der Waals surface area contributed by atoms with Gasteiger partial charge in [0, 0.05) is 33.6 Å². The molecule has 0 radical (unpaired) electrons. The Labute approximate surface area is 110 Å². The Morgan fingerprint density at radius 3 is 2.33 bits per heavy atom. The van der Waals surface area contributed by atoms with Crippen LogP contribution < -0.4 is 5.73 Å². The van der Waals surface area contributed by atoms with Crippen molar-refractivity contribution in [3.8, 4) is 22.4 Å². The molecule has 18 heavy (non-hydrogen) atoms. The molecule has 0 amide bonds.